The summed E-state index contributed by atoms with van der Waals surface area (Å²) in [7, 11) is 0. The van der Waals surface area contributed by atoms with Crippen molar-refractivity contribution >= 4 is 10.9 Å². The van der Waals surface area contributed by atoms with Crippen LogP contribution in [0, 0.1) is 5.92 Å². The van der Waals surface area contributed by atoms with E-state index in [-0.39, 0.29) is 0 Å². The molecule has 1 unspecified atom stereocenters. The van der Waals surface area contributed by atoms with Gasteiger partial charge in [0.1, 0.15) is 0 Å². The van der Waals surface area contributed by atoms with Gasteiger partial charge in [0.2, 0.25) is 0 Å². The van der Waals surface area contributed by atoms with Crippen LogP contribution in [0.2, 0.25) is 0 Å². The molecule has 0 saturated carbocycles. The maximum absolute atomic E-state index is 3.44. The summed E-state index contributed by atoms with van der Waals surface area (Å²) >= 11 is 0. The quantitative estimate of drug-likeness (QED) is 0.886. The summed E-state index contributed by atoms with van der Waals surface area (Å²) in [6.07, 6.45) is 2.21. The first-order valence-electron chi connectivity index (χ1n) is 7.28. The molecule has 1 saturated heterocycles. The van der Waals surface area contributed by atoms with E-state index in [1.165, 1.54) is 16.5 Å². The largest absolute Gasteiger partial charge is 0.361 e. The second-order valence-electron chi connectivity index (χ2n) is 5.76. The molecule has 3 nitrogen and oxygen atoms in total. The highest BCUT2D eigenvalue weighted by molar-refractivity contribution is 5.83. The van der Waals surface area contributed by atoms with E-state index in [9.17, 15) is 0 Å². The molecule has 1 atom stereocenters. The third kappa shape index (κ3) is 2.40. The molecule has 0 aliphatic carbocycles. The van der Waals surface area contributed by atoms with Gasteiger partial charge in [0.05, 0.1) is 0 Å². The summed E-state index contributed by atoms with van der Waals surface area (Å²) in [6.45, 7) is 9.14. The molecule has 102 valence electrons. The molecule has 1 aromatic carbocycles. The van der Waals surface area contributed by atoms with Gasteiger partial charge in [-0.25, -0.2) is 0 Å². The van der Waals surface area contributed by atoms with Crippen molar-refractivity contribution in [2.24, 2.45) is 5.92 Å². The van der Waals surface area contributed by atoms with Crippen molar-refractivity contribution in [1.29, 1.82) is 0 Å². The summed E-state index contributed by atoms with van der Waals surface area (Å²) in [4.78, 5) is 6.04. The normalized spacial score (nSPS) is 19.1. The molecule has 3 rings (SSSR count). The van der Waals surface area contributed by atoms with E-state index in [0.29, 0.717) is 12.0 Å². The molecule has 1 aliphatic rings. The Bertz CT molecular complexity index is 538. The Kier molecular flexibility index (Phi) is 3.58. The fourth-order valence-electron chi connectivity index (χ4n) is 3.28. The molecule has 2 heterocycles. The van der Waals surface area contributed by atoms with Crippen molar-refractivity contribution in [3.8, 4) is 0 Å². The number of fused-ring (bicyclic) bond motifs is 1. The lowest BCUT2D eigenvalue weighted by atomic mass is 9.93. The number of rotatable bonds is 3. The Hall–Kier alpha value is -1.32. The molecule has 1 fully saturated rings. The summed E-state index contributed by atoms with van der Waals surface area (Å²) in [6, 6.07) is 9.14. The zero-order valence-corrected chi connectivity index (χ0v) is 11.8. The molecule has 0 radical (unpaired) electrons. The first-order valence-corrected chi connectivity index (χ1v) is 7.28. The maximum Gasteiger partial charge on any atom is 0.0457 e. The number of nitrogens with one attached hydrogen (secondary N) is 2. The van der Waals surface area contributed by atoms with Crippen LogP contribution in [0.5, 0.6) is 0 Å². The fourth-order valence-corrected chi connectivity index (χ4v) is 3.28. The number of piperazine rings is 1. The van der Waals surface area contributed by atoms with Gasteiger partial charge in [0.15, 0.2) is 0 Å². The van der Waals surface area contributed by atoms with Crippen molar-refractivity contribution in [1.82, 2.24) is 15.2 Å². The Morgan fingerprint density at radius 3 is 2.58 bits per heavy atom. The Morgan fingerprint density at radius 2 is 1.84 bits per heavy atom. The average Bonchev–Trinajstić information content (AvgIpc) is 2.84. The Morgan fingerprint density at radius 1 is 1.11 bits per heavy atom. The van der Waals surface area contributed by atoms with Gasteiger partial charge >= 0.3 is 0 Å². The molecule has 1 aliphatic heterocycles. The Labute approximate surface area is 115 Å². The minimum Gasteiger partial charge on any atom is -0.361 e. The zero-order chi connectivity index (χ0) is 13.2. The van der Waals surface area contributed by atoms with E-state index < -0.39 is 0 Å². The number of hydrogen-bond donors (Lipinski definition) is 2. The first kappa shape index (κ1) is 12.7. The van der Waals surface area contributed by atoms with E-state index in [1.54, 1.807) is 0 Å². The second-order valence-corrected chi connectivity index (χ2v) is 5.76. The molecule has 2 N–H and O–H groups in total. The predicted molar refractivity (Wildman–Crippen MR) is 80.3 cm³/mol. The van der Waals surface area contributed by atoms with Crippen LogP contribution in [0.15, 0.2) is 30.5 Å². The molecule has 19 heavy (non-hydrogen) atoms. The average molecular weight is 257 g/mol. The van der Waals surface area contributed by atoms with Crippen LogP contribution in [0.25, 0.3) is 10.9 Å². The minimum atomic E-state index is 0.512. The lowest BCUT2D eigenvalue weighted by molar-refractivity contribution is 0.138. The van der Waals surface area contributed by atoms with Crippen LogP contribution in [0.1, 0.15) is 25.5 Å². The highest BCUT2D eigenvalue weighted by atomic mass is 15.2. The molecule has 0 spiro atoms. The number of benzene rings is 1. The van der Waals surface area contributed by atoms with Crippen LogP contribution in [0.3, 0.4) is 0 Å². The van der Waals surface area contributed by atoms with Gasteiger partial charge in [0, 0.05) is 49.3 Å². The maximum atomic E-state index is 3.44. The minimum absolute atomic E-state index is 0.512. The number of H-pyrrole nitrogens is 1. The van der Waals surface area contributed by atoms with E-state index >= 15 is 0 Å². The van der Waals surface area contributed by atoms with Crippen molar-refractivity contribution in [3.63, 3.8) is 0 Å². The first-order chi connectivity index (χ1) is 9.27. The number of hydrogen-bond acceptors (Lipinski definition) is 2. The van der Waals surface area contributed by atoms with E-state index in [4.69, 9.17) is 0 Å². The third-order valence-corrected chi connectivity index (χ3v) is 4.12. The van der Waals surface area contributed by atoms with E-state index in [1.807, 2.05) is 0 Å². The van der Waals surface area contributed by atoms with Crippen LogP contribution >= 0.6 is 0 Å². The van der Waals surface area contributed by atoms with Crippen LogP contribution in [0.4, 0.5) is 0 Å². The molecule has 3 heteroatoms. The summed E-state index contributed by atoms with van der Waals surface area (Å²) in [5, 5.41) is 4.82. The summed E-state index contributed by atoms with van der Waals surface area (Å²) in [5.41, 5.74) is 2.70. The molecular formula is C16H23N3. The van der Waals surface area contributed by atoms with Gasteiger partial charge < -0.3 is 10.3 Å². The van der Waals surface area contributed by atoms with Gasteiger partial charge in [-0.05, 0) is 17.5 Å². The topological polar surface area (TPSA) is 31.1 Å². The number of aromatic amines is 1. The van der Waals surface area contributed by atoms with Crippen LogP contribution < -0.4 is 5.32 Å². The van der Waals surface area contributed by atoms with Gasteiger partial charge in [-0.3, -0.25) is 4.90 Å². The lowest BCUT2D eigenvalue weighted by Crippen LogP contribution is -2.46. The SMILES string of the molecule is CC(C)C(c1c[nH]c2ccccc12)N1CCNCC1. The summed E-state index contributed by atoms with van der Waals surface area (Å²) < 4.78 is 0. The number of aromatic nitrogens is 1. The van der Waals surface area contributed by atoms with E-state index in [0.717, 1.165) is 26.2 Å². The van der Waals surface area contributed by atoms with E-state index in [2.05, 4.69) is 59.5 Å². The van der Waals surface area contributed by atoms with Crippen molar-refractivity contribution < 1.29 is 0 Å². The smallest absolute Gasteiger partial charge is 0.0457 e. The predicted octanol–water partition coefficient (Wildman–Crippen LogP) is 2.77. The molecule has 2 aromatic rings. The highest BCUT2D eigenvalue weighted by Crippen LogP contribution is 2.33. The summed E-state index contributed by atoms with van der Waals surface area (Å²) in [5.74, 6) is 0.623. The van der Waals surface area contributed by atoms with Gasteiger partial charge in [-0.15, -0.1) is 0 Å². The van der Waals surface area contributed by atoms with Crippen LogP contribution in [-0.4, -0.2) is 36.1 Å². The van der Waals surface area contributed by atoms with Gasteiger partial charge in [-0.2, -0.15) is 0 Å². The molecule has 1 aromatic heterocycles. The number of nitrogens with zero attached hydrogens (tertiary/aromatic N) is 1. The molecule has 0 amide bonds. The number of para-hydroxylation sites is 1. The fraction of sp³-hybridized carbons (Fsp3) is 0.500. The van der Waals surface area contributed by atoms with Gasteiger partial charge in [-0.1, -0.05) is 32.0 Å². The van der Waals surface area contributed by atoms with Crippen molar-refractivity contribution in [3.05, 3.63) is 36.0 Å². The van der Waals surface area contributed by atoms with Crippen LogP contribution in [-0.2, 0) is 0 Å². The second kappa shape index (κ2) is 5.35. The van der Waals surface area contributed by atoms with Gasteiger partial charge in [0.25, 0.3) is 0 Å². The lowest BCUT2D eigenvalue weighted by Gasteiger charge is -2.37. The standard InChI is InChI=1S/C16H23N3/c1-12(2)16(19-9-7-17-8-10-19)14-11-18-15-6-4-3-5-13(14)15/h3-6,11-12,16-18H,7-10H2,1-2H3. The Balaban J connectivity index is 1.99. The van der Waals surface area contributed by atoms with Crippen molar-refractivity contribution in [2.45, 2.75) is 19.9 Å². The van der Waals surface area contributed by atoms with Crippen molar-refractivity contribution in [2.75, 3.05) is 26.2 Å². The molecular weight excluding hydrogens is 234 g/mol. The third-order valence-electron chi connectivity index (χ3n) is 4.12. The highest BCUT2D eigenvalue weighted by Gasteiger charge is 2.26. The molecule has 0 bridgehead atoms. The monoisotopic (exact) mass is 257 g/mol. The zero-order valence-electron chi connectivity index (χ0n) is 11.8.